The van der Waals surface area contributed by atoms with Crippen LogP contribution in [-0.2, 0) is 19.6 Å². The van der Waals surface area contributed by atoms with Crippen molar-refractivity contribution in [2.75, 3.05) is 0 Å². The fraction of sp³-hybridized carbons (Fsp3) is 0.167. The number of fused-ring (bicyclic) bond motifs is 3. The van der Waals surface area contributed by atoms with Crippen molar-refractivity contribution in [3.63, 3.8) is 0 Å². The van der Waals surface area contributed by atoms with Gasteiger partial charge in [0.1, 0.15) is 6.61 Å². The number of pyridine rings is 1. The normalized spacial score (nSPS) is 12.3. The number of benzene rings is 1. The summed E-state index contributed by atoms with van der Waals surface area (Å²) in [6.45, 7) is 0.942. The average molecular weight is 305 g/mol. The molecule has 1 aromatic carbocycles. The molecule has 1 aliphatic heterocycles. The zero-order chi connectivity index (χ0) is 15.6. The average Bonchev–Trinajstić information content (AvgIpc) is 2.61. The lowest BCUT2D eigenvalue weighted by atomic mass is 9.98. The van der Waals surface area contributed by atoms with E-state index in [1.165, 1.54) is 5.56 Å². The maximum absolute atomic E-state index is 12.3. The topological polar surface area (TPSA) is 57.0 Å². The Kier molecular flexibility index (Phi) is 3.38. The third kappa shape index (κ3) is 2.61. The van der Waals surface area contributed by atoms with Crippen LogP contribution in [0.15, 0.2) is 59.5 Å². The molecular formula is C18H15N3O2. The quantitative estimate of drug-likeness (QED) is 0.746. The van der Waals surface area contributed by atoms with Crippen molar-refractivity contribution >= 4 is 0 Å². The molecule has 0 saturated heterocycles. The molecule has 1 aliphatic rings. The van der Waals surface area contributed by atoms with E-state index in [4.69, 9.17) is 4.74 Å². The van der Waals surface area contributed by atoms with E-state index in [2.05, 4.69) is 16.0 Å². The van der Waals surface area contributed by atoms with Crippen LogP contribution in [0.1, 0.15) is 11.3 Å². The Bertz CT molecular complexity index is 904. The fourth-order valence-electron chi connectivity index (χ4n) is 2.85. The Labute approximate surface area is 133 Å². The van der Waals surface area contributed by atoms with Gasteiger partial charge >= 0.3 is 5.69 Å². The minimum atomic E-state index is -0.270. The minimum absolute atomic E-state index is 0.270. The molecule has 0 spiro atoms. The van der Waals surface area contributed by atoms with Crippen LogP contribution in [0.2, 0.25) is 0 Å². The molecule has 23 heavy (non-hydrogen) atoms. The monoisotopic (exact) mass is 305 g/mol. The molecule has 5 heteroatoms. The van der Waals surface area contributed by atoms with Crippen molar-refractivity contribution in [1.82, 2.24) is 14.5 Å². The van der Waals surface area contributed by atoms with E-state index in [1.807, 2.05) is 42.5 Å². The van der Waals surface area contributed by atoms with Crippen molar-refractivity contribution in [2.24, 2.45) is 0 Å². The highest BCUT2D eigenvalue weighted by atomic mass is 16.5. The molecule has 4 rings (SSSR count). The highest BCUT2D eigenvalue weighted by molar-refractivity contribution is 5.66. The summed E-state index contributed by atoms with van der Waals surface area (Å²) >= 11 is 0. The van der Waals surface area contributed by atoms with Crippen molar-refractivity contribution < 1.29 is 4.74 Å². The van der Waals surface area contributed by atoms with Crippen molar-refractivity contribution in [3.8, 4) is 17.1 Å². The predicted octanol–water partition coefficient (Wildman–Crippen LogP) is 2.44. The van der Waals surface area contributed by atoms with Crippen LogP contribution in [0.5, 0.6) is 5.88 Å². The van der Waals surface area contributed by atoms with Gasteiger partial charge in [0, 0.05) is 24.4 Å². The second kappa shape index (κ2) is 5.68. The molecule has 0 radical (unpaired) electrons. The van der Waals surface area contributed by atoms with Gasteiger partial charge in [0.25, 0.3) is 0 Å². The second-order valence-corrected chi connectivity index (χ2v) is 5.43. The van der Waals surface area contributed by atoms with E-state index in [-0.39, 0.29) is 5.69 Å². The number of aromatic nitrogens is 3. The van der Waals surface area contributed by atoms with Gasteiger partial charge in [0.05, 0.1) is 11.4 Å². The molecule has 0 amide bonds. The van der Waals surface area contributed by atoms with Crippen LogP contribution in [0.25, 0.3) is 11.3 Å². The third-order valence-corrected chi connectivity index (χ3v) is 3.98. The van der Waals surface area contributed by atoms with Crippen molar-refractivity contribution in [1.29, 1.82) is 0 Å². The van der Waals surface area contributed by atoms with Gasteiger partial charge in [-0.15, -0.1) is 0 Å². The van der Waals surface area contributed by atoms with Gasteiger partial charge in [-0.1, -0.05) is 30.3 Å². The van der Waals surface area contributed by atoms with E-state index in [0.29, 0.717) is 19.0 Å². The van der Waals surface area contributed by atoms with Crippen LogP contribution in [0.4, 0.5) is 0 Å². The molecule has 0 bridgehead atoms. The molecule has 0 aliphatic carbocycles. The lowest BCUT2D eigenvalue weighted by Gasteiger charge is -2.21. The Balaban J connectivity index is 1.69. The zero-order valence-electron chi connectivity index (χ0n) is 12.5. The highest BCUT2D eigenvalue weighted by Crippen LogP contribution is 2.29. The molecule has 0 saturated carbocycles. The lowest BCUT2D eigenvalue weighted by Crippen LogP contribution is -2.28. The van der Waals surface area contributed by atoms with Gasteiger partial charge < -0.3 is 4.74 Å². The number of hydrogen-bond acceptors (Lipinski definition) is 4. The van der Waals surface area contributed by atoms with E-state index in [9.17, 15) is 4.79 Å². The number of nitrogens with zero attached hydrogens (tertiary/aromatic N) is 3. The van der Waals surface area contributed by atoms with Gasteiger partial charge in [0.2, 0.25) is 5.88 Å². The van der Waals surface area contributed by atoms with Crippen LogP contribution in [0, 0.1) is 0 Å². The summed E-state index contributed by atoms with van der Waals surface area (Å²) in [6, 6.07) is 15.6. The maximum atomic E-state index is 12.3. The van der Waals surface area contributed by atoms with Crippen LogP contribution >= 0.6 is 0 Å². The van der Waals surface area contributed by atoms with E-state index < -0.39 is 0 Å². The standard InChI is InChI=1S/C18H15N3O2/c22-18-20-17(23-12-14-6-3-4-9-19-14)11-16-15-7-2-1-5-13(15)8-10-21(16)18/h1-7,9,11H,8,10,12H2. The van der Waals surface area contributed by atoms with Gasteiger partial charge in [0.15, 0.2) is 0 Å². The molecule has 0 atom stereocenters. The molecule has 0 N–H and O–H groups in total. The second-order valence-electron chi connectivity index (χ2n) is 5.43. The number of rotatable bonds is 3. The van der Waals surface area contributed by atoms with Crippen molar-refractivity contribution in [3.05, 3.63) is 76.5 Å². The molecule has 5 nitrogen and oxygen atoms in total. The molecule has 3 aromatic rings. The first-order valence-corrected chi connectivity index (χ1v) is 7.54. The SMILES string of the molecule is O=c1nc(OCc2ccccn2)cc2n1CCc1ccccc1-2. The van der Waals surface area contributed by atoms with Crippen LogP contribution in [-0.4, -0.2) is 14.5 Å². The van der Waals surface area contributed by atoms with E-state index in [0.717, 1.165) is 23.4 Å². The molecule has 3 heterocycles. The molecule has 114 valence electrons. The predicted molar refractivity (Wildman–Crippen MR) is 86.2 cm³/mol. The van der Waals surface area contributed by atoms with Crippen LogP contribution < -0.4 is 10.4 Å². The third-order valence-electron chi connectivity index (χ3n) is 3.98. The molecule has 2 aromatic heterocycles. The minimum Gasteiger partial charge on any atom is -0.471 e. The summed E-state index contributed by atoms with van der Waals surface area (Å²) in [5, 5.41) is 0. The molecule has 0 unspecified atom stereocenters. The van der Waals surface area contributed by atoms with Gasteiger partial charge in [-0.3, -0.25) is 9.55 Å². The summed E-state index contributed by atoms with van der Waals surface area (Å²) < 4.78 is 7.37. The Hall–Kier alpha value is -2.95. The number of hydrogen-bond donors (Lipinski definition) is 0. The zero-order valence-corrected chi connectivity index (χ0v) is 12.5. The number of ether oxygens (including phenoxy) is 1. The summed E-state index contributed by atoms with van der Waals surface area (Å²) in [5.74, 6) is 0.337. The fourth-order valence-corrected chi connectivity index (χ4v) is 2.85. The van der Waals surface area contributed by atoms with Gasteiger partial charge in [-0.05, 0) is 24.1 Å². The Morgan fingerprint density at radius 2 is 2.00 bits per heavy atom. The highest BCUT2D eigenvalue weighted by Gasteiger charge is 2.18. The van der Waals surface area contributed by atoms with Gasteiger partial charge in [-0.25, -0.2) is 4.79 Å². The van der Waals surface area contributed by atoms with E-state index >= 15 is 0 Å². The summed E-state index contributed by atoms with van der Waals surface area (Å²) in [5.41, 5.74) is 3.71. The van der Waals surface area contributed by atoms with E-state index in [1.54, 1.807) is 10.8 Å². The summed E-state index contributed by atoms with van der Waals surface area (Å²) in [6.07, 6.45) is 2.56. The Morgan fingerprint density at radius 3 is 2.87 bits per heavy atom. The molecular weight excluding hydrogens is 290 g/mol. The first kappa shape index (κ1) is 13.7. The lowest BCUT2D eigenvalue weighted by molar-refractivity contribution is 0.286. The molecule has 0 fully saturated rings. The first-order valence-electron chi connectivity index (χ1n) is 7.54. The smallest absolute Gasteiger partial charge is 0.351 e. The van der Waals surface area contributed by atoms with Crippen molar-refractivity contribution in [2.45, 2.75) is 19.6 Å². The Morgan fingerprint density at radius 1 is 1.13 bits per heavy atom. The van der Waals surface area contributed by atoms with Crippen LogP contribution in [0.3, 0.4) is 0 Å². The number of aryl methyl sites for hydroxylation is 1. The summed E-state index contributed by atoms with van der Waals surface area (Å²) in [4.78, 5) is 20.5. The van der Waals surface area contributed by atoms with Gasteiger partial charge in [-0.2, -0.15) is 4.98 Å². The largest absolute Gasteiger partial charge is 0.471 e. The first-order chi connectivity index (χ1) is 11.3. The maximum Gasteiger partial charge on any atom is 0.351 e. The summed E-state index contributed by atoms with van der Waals surface area (Å²) in [7, 11) is 0.